The van der Waals surface area contributed by atoms with Gasteiger partial charge in [0.25, 0.3) is 5.56 Å². The van der Waals surface area contributed by atoms with Crippen molar-refractivity contribution < 1.29 is 4.79 Å². The van der Waals surface area contributed by atoms with Gasteiger partial charge in [0, 0.05) is 17.4 Å². The first kappa shape index (κ1) is 13.1. The molecule has 0 unspecified atom stereocenters. The van der Waals surface area contributed by atoms with Crippen molar-refractivity contribution in [3.63, 3.8) is 0 Å². The molecule has 0 bridgehead atoms. The average molecular weight is 256 g/mol. The third-order valence-electron chi connectivity index (χ3n) is 2.83. The molecule has 1 N–H and O–H groups in total. The van der Waals surface area contributed by atoms with Crippen molar-refractivity contribution in [1.29, 1.82) is 0 Å². The van der Waals surface area contributed by atoms with Gasteiger partial charge < -0.3 is 9.88 Å². The molecule has 19 heavy (non-hydrogen) atoms. The first-order chi connectivity index (χ1) is 9.06. The number of anilines is 1. The number of carbonyl (C=O) groups is 1. The van der Waals surface area contributed by atoms with Crippen LogP contribution in [0.3, 0.4) is 0 Å². The standard InChI is InChI=1S/C15H16N2O2/c1-11-5-3-7-13(9-11)16-14(18)10-17-8-4-6-12(2)15(17)19/h3-9H,10H2,1-2H3,(H,16,18). The molecular formula is C15H16N2O2. The number of aromatic nitrogens is 1. The van der Waals surface area contributed by atoms with Crippen molar-refractivity contribution in [2.75, 3.05) is 5.32 Å². The highest BCUT2D eigenvalue weighted by atomic mass is 16.2. The maximum absolute atomic E-state index is 11.9. The van der Waals surface area contributed by atoms with E-state index in [1.165, 1.54) is 4.57 Å². The van der Waals surface area contributed by atoms with E-state index in [4.69, 9.17) is 0 Å². The summed E-state index contributed by atoms with van der Waals surface area (Å²) in [5.74, 6) is -0.210. The summed E-state index contributed by atoms with van der Waals surface area (Å²) in [4.78, 5) is 23.7. The minimum absolute atomic E-state index is 0.0223. The summed E-state index contributed by atoms with van der Waals surface area (Å²) >= 11 is 0. The van der Waals surface area contributed by atoms with Crippen LogP contribution in [0.2, 0.25) is 0 Å². The number of pyridine rings is 1. The summed E-state index contributed by atoms with van der Waals surface area (Å²) in [6.45, 7) is 3.71. The number of aryl methyl sites for hydroxylation is 2. The molecule has 0 aliphatic rings. The van der Waals surface area contributed by atoms with Gasteiger partial charge in [-0.05, 0) is 37.6 Å². The molecular weight excluding hydrogens is 240 g/mol. The van der Waals surface area contributed by atoms with Gasteiger partial charge >= 0.3 is 0 Å². The second-order valence-electron chi connectivity index (χ2n) is 4.54. The Kier molecular flexibility index (Phi) is 3.80. The molecule has 0 aliphatic carbocycles. The molecule has 2 aromatic rings. The van der Waals surface area contributed by atoms with Gasteiger partial charge in [-0.1, -0.05) is 18.2 Å². The fourth-order valence-electron chi connectivity index (χ4n) is 1.86. The molecule has 1 heterocycles. The van der Waals surface area contributed by atoms with Crippen molar-refractivity contribution in [2.24, 2.45) is 0 Å². The van der Waals surface area contributed by atoms with E-state index in [2.05, 4.69) is 5.32 Å². The Morgan fingerprint density at radius 3 is 2.74 bits per heavy atom. The Morgan fingerprint density at radius 2 is 2.00 bits per heavy atom. The number of nitrogens with one attached hydrogen (secondary N) is 1. The van der Waals surface area contributed by atoms with Crippen LogP contribution in [-0.4, -0.2) is 10.5 Å². The lowest BCUT2D eigenvalue weighted by molar-refractivity contribution is -0.116. The molecule has 0 radical (unpaired) electrons. The molecule has 0 spiro atoms. The summed E-state index contributed by atoms with van der Waals surface area (Å²) < 4.78 is 1.40. The molecule has 1 aromatic carbocycles. The van der Waals surface area contributed by atoms with Crippen molar-refractivity contribution in [2.45, 2.75) is 20.4 Å². The molecule has 1 amide bonds. The Hall–Kier alpha value is -2.36. The van der Waals surface area contributed by atoms with E-state index in [1.807, 2.05) is 31.2 Å². The van der Waals surface area contributed by atoms with Crippen LogP contribution in [0.15, 0.2) is 47.4 Å². The van der Waals surface area contributed by atoms with Crippen molar-refractivity contribution in [3.8, 4) is 0 Å². The fourth-order valence-corrected chi connectivity index (χ4v) is 1.86. The van der Waals surface area contributed by atoms with Gasteiger partial charge in [0.05, 0.1) is 0 Å². The summed E-state index contributed by atoms with van der Waals surface area (Å²) in [5, 5.41) is 2.78. The monoisotopic (exact) mass is 256 g/mol. The van der Waals surface area contributed by atoms with E-state index < -0.39 is 0 Å². The maximum atomic E-state index is 11.9. The molecule has 1 aromatic heterocycles. The highest BCUT2D eigenvalue weighted by Crippen LogP contribution is 2.09. The van der Waals surface area contributed by atoms with Crippen molar-refractivity contribution in [1.82, 2.24) is 4.57 Å². The van der Waals surface area contributed by atoms with E-state index >= 15 is 0 Å². The summed E-state index contributed by atoms with van der Waals surface area (Å²) in [7, 11) is 0. The number of rotatable bonds is 3. The zero-order valence-electron chi connectivity index (χ0n) is 11.0. The zero-order valence-corrected chi connectivity index (χ0v) is 11.0. The Morgan fingerprint density at radius 1 is 1.21 bits per heavy atom. The molecule has 2 rings (SSSR count). The normalized spacial score (nSPS) is 10.2. The zero-order chi connectivity index (χ0) is 13.8. The molecule has 0 atom stereocenters. The number of hydrogen-bond acceptors (Lipinski definition) is 2. The smallest absolute Gasteiger partial charge is 0.253 e. The van der Waals surface area contributed by atoms with Gasteiger partial charge in [0.15, 0.2) is 0 Å². The minimum Gasteiger partial charge on any atom is -0.325 e. The van der Waals surface area contributed by atoms with Gasteiger partial charge in [0.2, 0.25) is 5.91 Å². The first-order valence-corrected chi connectivity index (χ1v) is 6.09. The van der Waals surface area contributed by atoms with Crippen molar-refractivity contribution in [3.05, 3.63) is 64.1 Å². The van der Waals surface area contributed by atoms with Gasteiger partial charge in [-0.15, -0.1) is 0 Å². The van der Waals surface area contributed by atoms with Crippen LogP contribution in [0, 0.1) is 13.8 Å². The summed E-state index contributed by atoms with van der Waals surface area (Å²) in [5.41, 5.74) is 2.31. The van der Waals surface area contributed by atoms with Crippen LogP contribution in [0.5, 0.6) is 0 Å². The second kappa shape index (κ2) is 5.52. The maximum Gasteiger partial charge on any atom is 0.253 e. The molecule has 0 fully saturated rings. The molecule has 4 heteroatoms. The Bertz CT molecular complexity index is 659. The average Bonchev–Trinajstić information content (AvgIpc) is 2.35. The van der Waals surface area contributed by atoms with Crippen LogP contribution < -0.4 is 10.9 Å². The highest BCUT2D eigenvalue weighted by Gasteiger charge is 2.06. The number of nitrogens with zero attached hydrogens (tertiary/aromatic N) is 1. The number of carbonyl (C=O) groups excluding carboxylic acids is 1. The van der Waals surface area contributed by atoms with Crippen LogP contribution >= 0.6 is 0 Å². The SMILES string of the molecule is Cc1cccc(NC(=O)Cn2cccc(C)c2=O)c1. The topological polar surface area (TPSA) is 51.1 Å². The predicted molar refractivity (Wildman–Crippen MR) is 75.2 cm³/mol. The first-order valence-electron chi connectivity index (χ1n) is 6.09. The van der Waals surface area contributed by atoms with Crippen LogP contribution in [0.25, 0.3) is 0 Å². The number of amides is 1. The third kappa shape index (κ3) is 3.31. The quantitative estimate of drug-likeness (QED) is 0.914. The Balaban J connectivity index is 2.10. The molecule has 0 aliphatic heterocycles. The van der Waals surface area contributed by atoms with E-state index in [9.17, 15) is 9.59 Å². The molecule has 98 valence electrons. The van der Waals surface area contributed by atoms with Gasteiger partial charge in [-0.3, -0.25) is 9.59 Å². The lowest BCUT2D eigenvalue weighted by Crippen LogP contribution is -2.28. The highest BCUT2D eigenvalue weighted by molar-refractivity contribution is 5.90. The predicted octanol–water partition coefficient (Wildman–Crippen LogP) is 2.10. The third-order valence-corrected chi connectivity index (χ3v) is 2.83. The lowest BCUT2D eigenvalue weighted by Gasteiger charge is -2.08. The van der Waals surface area contributed by atoms with Crippen LogP contribution in [0.1, 0.15) is 11.1 Å². The van der Waals surface area contributed by atoms with Crippen LogP contribution in [-0.2, 0) is 11.3 Å². The lowest BCUT2D eigenvalue weighted by atomic mass is 10.2. The summed E-state index contributed by atoms with van der Waals surface area (Å²) in [6.07, 6.45) is 1.62. The van der Waals surface area contributed by atoms with Gasteiger partial charge in [-0.2, -0.15) is 0 Å². The summed E-state index contributed by atoms with van der Waals surface area (Å²) in [6, 6.07) is 11.0. The molecule has 4 nitrogen and oxygen atoms in total. The van der Waals surface area contributed by atoms with Gasteiger partial charge in [0.1, 0.15) is 6.54 Å². The van der Waals surface area contributed by atoms with Crippen LogP contribution in [0.4, 0.5) is 5.69 Å². The largest absolute Gasteiger partial charge is 0.325 e. The number of hydrogen-bond donors (Lipinski definition) is 1. The fraction of sp³-hybridized carbons (Fsp3) is 0.200. The van der Waals surface area contributed by atoms with E-state index in [-0.39, 0.29) is 18.0 Å². The van der Waals surface area contributed by atoms with Crippen molar-refractivity contribution >= 4 is 11.6 Å². The molecule has 0 saturated carbocycles. The van der Waals surface area contributed by atoms with E-state index in [0.717, 1.165) is 11.3 Å². The van der Waals surface area contributed by atoms with Gasteiger partial charge in [-0.25, -0.2) is 0 Å². The Labute approximate surface area is 111 Å². The van der Waals surface area contributed by atoms with E-state index in [1.54, 1.807) is 25.3 Å². The minimum atomic E-state index is -0.210. The van der Waals surface area contributed by atoms with E-state index in [0.29, 0.717) is 5.56 Å². The second-order valence-corrected chi connectivity index (χ2v) is 4.54. The number of benzene rings is 1. The molecule has 0 saturated heterocycles.